The highest BCUT2D eigenvalue weighted by Gasteiger charge is 2.21. The lowest BCUT2D eigenvalue weighted by Crippen LogP contribution is -2.15. The number of carboxylic acid groups (broad SMARTS) is 1. The molecule has 2 rings (SSSR count). The highest BCUT2D eigenvalue weighted by molar-refractivity contribution is 6.31. The van der Waals surface area contributed by atoms with Crippen LogP contribution in [0.25, 0.3) is 0 Å². The number of aromatic nitrogens is 2. The van der Waals surface area contributed by atoms with Crippen LogP contribution in [-0.2, 0) is 7.05 Å². The van der Waals surface area contributed by atoms with Crippen LogP contribution in [0.5, 0.6) is 0 Å². The molecule has 6 nitrogen and oxygen atoms in total. The predicted molar refractivity (Wildman–Crippen MR) is 69.5 cm³/mol. The first-order valence-electron chi connectivity index (χ1n) is 5.42. The van der Waals surface area contributed by atoms with E-state index in [1.165, 1.54) is 30.1 Å². The Morgan fingerprint density at radius 3 is 2.75 bits per heavy atom. The van der Waals surface area contributed by atoms with Gasteiger partial charge in [0.15, 0.2) is 5.69 Å². The molecule has 2 N–H and O–H groups in total. The van der Waals surface area contributed by atoms with Crippen molar-refractivity contribution in [2.75, 3.05) is 5.32 Å². The second-order valence-electron chi connectivity index (χ2n) is 3.95. The van der Waals surface area contributed by atoms with Crippen LogP contribution in [0.15, 0.2) is 24.4 Å². The Hall–Kier alpha value is -2.41. The largest absolute Gasteiger partial charge is 0.476 e. The fourth-order valence-corrected chi connectivity index (χ4v) is 1.77. The van der Waals surface area contributed by atoms with Crippen LogP contribution < -0.4 is 5.32 Å². The van der Waals surface area contributed by atoms with Gasteiger partial charge in [0.2, 0.25) is 0 Å². The van der Waals surface area contributed by atoms with Crippen molar-refractivity contribution < 1.29 is 19.1 Å². The number of amides is 1. The molecule has 0 aliphatic heterocycles. The van der Waals surface area contributed by atoms with Gasteiger partial charge in [-0.25, -0.2) is 9.18 Å². The number of carbonyl (C=O) groups excluding carboxylic acids is 1. The minimum Gasteiger partial charge on any atom is -0.476 e. The Bertz CT molecular complexity index is 699. The van der Waals surface area contributed by atoms with Gasteiger partial charge in [-0.15, -0.1) is 0 Å². The molecule has 1 aromatic heterocycles. The average Bonchev–Trinajstić information content (AvgIpc) is 2.76. The number of nitrogens with zero attached hydrogens (tertiary/aromatic N) is 2. The fourth-order valence-electron chi connectivity index (χ4n) is 1.58. The molecule has 1 amide bonds. The summed E-state index contributed by atoms with van der Waals surface area (Å²) >= 11 is 5.59. The van der Waals surface area contributed by atoms with Gasteiger partial charge in [0.1, 0.15) is 5.82 Å². The topological polar surface area (TPSA) is 84.2 Å². The number of anilines is 1. The third-order valence-electron chi connectivity index (χ3n) is 2.45. The third kappa shape index (κ3) is 2.77. The molecular weight excluding hydrogens is 289 g/mol. The summed E-state index contributed by atoms with van der Waals surface area (Å²) in [6.07, 6.45) is 1.28. The number of rotatable bonds is 3. The number of carbonyl (C=O) groups is 2. The summed E-state index contributed by atoms with van der Waals surface area (Å²) in [5, 5.41) is 14.9. The highest BCUT2D eigenvalue weighted by Crippen LogP contribution is 2.20. The van der Waals surface area contributed by atoms with E-state index in [0.717, 1.165) is 6.07 Å². The zero-order valence-corrected chi connectivity index (χ0v) is 11.0. The second kappa shape index (κ2) is 5.30. The predicted octanol–water partition coefficient (Wildman–Crippen LogP) is 2.16. The van der Waals surface area contributed by atoms with Crippen molar-refractivity contribution in [3.63, 3.8) is 0 Å². The molecule has 0 radical (unpaired) electrons. The molecular formula is C12H9ClFN3O3. The summed E-state index contributed by atoms with van der Waals surface area (Å²) in [5.41, 5.74) is -0.208. The zero-order chi connectivity index (χ0) is 14.9. The summed E-state index contributed by atoms with van der Waals surface area (Å²) in [4.78, 5) is 22.9. The highest BCUT2D eigenvalue weighted by atomic mass is 35.5. The van der Waals surface area contributed by atoms with Crippen LogP contribution >= 0.6 is 11.6 Å². The van der Waals surface area contributed by atoms with Gasteiger partial charge in [0, 0.05) is 18.9 Å². The lowest BCUT2D eigenvalue weighted by Gasteiger charge is -2.05. The van der Waals surface area contributed by atoms with Crippen molar-refractivity contribution in [2.24, 2.45) is 7.05 Å². The van der Waals surface area contributed by atoms with Crippen LogP contribution in [-0.4, -0.2) is 26.8 Å². The van der Waals surface area contributed by atoms with Crippen molar-refractivity contribution in [3.05, 3.63) is 46.5 Å². The molecule has 8 heteroatoms. The van der Waals surface area contributed by atoms with Gasteiger partial charge < -0.3 is 10.4 Å². The standard InChI is InChI=1S/C12H9ClFN3O3/c1-17-5-7(10(16-17)12(19)20)11(18)15-6-2-3-9(14)8(13)4-6/h2-5H,1H3,(H,15,18)(H,19,20). The lowest BCUT2D eigenvalue weighted by atomic mass is 10.2. The molecule has 2 aromatic rings. The molecule has 0 fully saturated rings. The molecule has 0 aliphatic rings. The number of nitrogens with one attached hydrogen (secondary N) is 1. The summed E-state index contributed by atoms with van der Waals surface area (Å²) in [6, 6.07) is 3.64. The molecule has 0 saturated carbocycles. The van der Waals surface area contributed by atoms with Crippen LogP contribution in [0.2, 0.25) is 5.02 Å². The van der Waals surface area contributed by atoms with E-state index < -0.39 is 17.7 Å². The normalized spacial score (nSPS) is 10.3. The fraction of sp³-hybridized carbons (Fsp3) is 0.0833. The first-order chi connectivity index (χ1) is 9.38. The number of halogens is 2. The quantitative estimate of drug-likeness (QED) is 0.909. The second-order valence-corrected chi connectivity index (χ2v) is 4.36. The Labute approximate surface area is 117 Å². The van der Waals surface area contributed by atoms with Gasteiger partial charge in [-0.1, -0.05) is 11.6 Å². The van der Waals surface area contributed by atoms with E-state index in [9.17, 15) is 14.0 Å². The molecule has 104 valence electrons. The van der Waals surface area contributed by atoms with E-state index in [1.54, 1.807) is 0 Å². The third-order valence-corrected chi connectivity index (χ3v) is 2.74. The number of hydrogen-bond acceptors (Lipinski definition) is 3. The maximum atomic E-state index is 13.0. The van der Waals surface area contributed by atoms with Crippen molar-refractivity contribution in [1.82, 2.24) is 9.78 Å². The number of benzene rings is 1. The maximum absolute atomic E-state index is 13.0. The maximum Gasteiger partial charge on any atom is 0.357 e. The number of carboxylic acids is 1. The van der Waals surface area contributed by atoms with Crippen molar-refractivity contribution in [2.45, 2.75) is 0 Å². The molecule has 1 heterocycles. The first-order valence-corrected chi connectivity index (χ1v) is 5.79. The molecule has 0 spiro atoms. The Kier molecular flexibility index (Phi) is 3.71. The lowest BCUT2D eigenvalue weighted by molar-refractivity contribution is 0.0685. The van der Waals surface area contributed by atoms with E-state index in [0.29, 0.717) is 0 Å². The minimum atomic E-state index is -1.31. The van der Waals surface area contributed by atoms with Crippen LogP contribution in [0.1, 0.15) is 20.8 Å². The van der Waals surface area contributed by atoms with Gasteiger partial charge in [-0.2, -0.15) is 5.10 Å². The van der Waals surface area contributed by atoms with E-state index in [2.05, 4.69) is 10.4 Å². The first kappa shape index (κ1) is 14.0. The van der Waals surface area contributed by atoms with Gasteiger partial charge in [0.05, 0.1) is 10.6 Å². The van der Waals surface area contributed by atoms with Crippen molar-refractivity contribution in [1.29, 1.82) is 0 Å². The van der Waals surface area contributed by atoms with Gasteiger partial charge in [0.25, 0.3) is 5.91 Å². The monoisotopic (exact) mass is 297 g/mol. The van der Waals surface area contributed by atoms with E-state index in [4.69, 9.17) is 16.7 Å². The summed E-state index contributed by atoms with van der Waals surface area (Å²) in [6.45, 7) is 0. The summed E-state index contributed by atoms with van der Waals surface area (Å²) < 4.78 is 14.2. The van der Waals surface area contributed by atoms with E-state index >= 15 is 0 Å². The summed E-state index contributed by atoms with van der Waals surface area (Å²) in [5.74, 6) is -2.59. The van der Waals surface area contributed by atoms with E-state index in [1.807, 2.05) is 0 Å². The molecule has 0 bridgehead atoms. The summed E-state index contributed by atoms with van der Waals surface area (Å²) in [7, 11) is 1.50. The van der Waals surface area contributed by atoms with Gasteiger partial charge in [-0.05, 0) is 18.2 Å². The Morgan fingerprint density at radius 2 is 2.15 bits per heavy atom. The molecule has 0 aliphatic carbocycles. The Morgan fingerprint density at radius 1 is 1.45 bits per heavy atom. The number of aryl methyl sites for hydroxylation is 1. The van der Waals surface area contributed by atoms with Crippen molar-refractivity contribution >= 4 is 29.2 Å². The van der Waals surface area contributed by atoms with E-state index in [-0.39, 0.29) is 22.0 Å². The number of aromatic carboxylic acids is 1. The Balaban J connectivity index is 2.28. The van der Waals surface area contributed by atoms with Gasteiger partial charge >= 0.3 is 5.97 Å². The molecule has 0 saturated heterocycles. The molecule has 0 unspecified atom stereocenters. The zero-order valence-electron chi connectivity index (χ0n) is 10.2. The smallest absolute Gasteiger partial charge is 0.357 e. The van der Waals surface area contributed by atoms with Gasteiger partial charge in [-0.3, -0.25) is 9.48 Å². The van der Waals surface area contributed by atoms with Crippen molar-refractivity contribution in [3.8, 4) is 0 Å². The molecule has 20 heavy (non-hydrogen) atoms. The molecule has 1 aromatic carbocycles. The van der Waals surface area contributed by atoms with Crippen LogP contribution in [0, 0.1) is 5.82 Å². The average molecular weight is 298 g/mol. The SMILES string of the molecule is Cn1cc(C(=O)Nc2ccc(F)c(Cl)c2)c(C(=O)O)n1. The number of hydrogen-bond donors (Lipinski definition) is 2. The van der Waals surface area contributed by atoms with Crippen LogP contribution in [0.4, 0.5) is 10.1 Å². The molecule has 0 atom stereocenters. The van der Waals surface area contributed by atoms with Crippen LogP contribution in [0.3, 0.4) is 0 Å². The minimum absolute atomic E-state index is 0.0968.